The molecular weight excluding hydrogens is 358 g/mol. The van der Waals surface area contributed by atoms with E-state index in [1.165, 1.54) is 4.90 Å². The van der Waals surface area contributed by atoms with Crippen LogP contribution in [0.15, 0.2) is 35.9 Å². The number of aliphatic hydroxyl groups is 1. The number of nitrogens with one attached hydrogen (secondary N) is 1. The Hall–Kier alpha value is -2.93. The fraction of sp³-hybridized carbons (Fsp3) is 0.381. The van der Waals surface area contributed by atoms with Gasteiger partial charge in [-0.2, -0.15) is 0 Å². The van der Waals surface area contributed by atoms with Gasteiger partial charge < -0.3 is 15.0 Å². The molecule has 0 bridgehead atoms. The SMILES string of the molecule is CC(C)=C[C@H]1c2[nH]c3ccccc3c2C(=O)[C@@]2(O)C(=O)N3CCC[C@H]3C(=O)N12. The monoisotopic (exact) mass is 379 g/mol. The highest BCUT2D eigenvalue weighted by Crippen LogP contribution is 2.46. The first-order valence-corrected chi connectivity index (χ1v) is 9.52. The molecule has 0 unspecified atom stereocenters. The maximum absolute atomic E-state index is 13.5. The molecule has 3 aliphatic rings. The number of rotatable bonds is 1. The molecule has 0 spiro atoms. The minimum atomic E-state index is -2.51. The number of benzene rings is 1. The summed E-state index contributed by atoms with van der Waals surface area (Å²) in [7, 11) is 0. The van der Waals surface area contributed by atoms with E-state index >= 15 is 0 Å². The Morgan fingerprint density at radius 2 is 2.00 bits per heavy atom. The highest BCUT2D eigenvalue weighted by molar-refractivity contribution is 6.25. The Kier molecular flexibility index (Phi) is 3.40. The van der Waals surface area contributed by atoms with Crippen LogP contribution in [-0.4, -0.2) is 55.8 Å². The average molecular weight is 379 g/mol. The Morgan fingerprint density at radius 1 is 1.25 bits per heavy atom. The molecule has 2 N–H and O–H groups in total. The second kappa shape index (κ2) is 5.54. The Labute approximate surface area is 161 Å². The molecule has 1 aromatic heterocycles. The minimum absolute atomic E-state index is 0.288. The number of fused-ring (bicyclic) bond motifs is 5. The summed E-state index contributed by atoms with van der Waals surface area (Å²) < 4.78 is 0. The van der Waals surface area contributed by atoms with E-state index in [-0.39, 0.29) is 11.5 Å². The molecule has 3 aliphatic heterocycles. The topological polar surface area (TPSA) is 93.7 Å². The van der Waals surface area contributed by atoms with Crippen LogP contribution in [0, 0.1) is 0 Å². The molecule has 7 nitrogen and oxygen atoms in total. The second-order valence-electron chi connectivity index (χ2n) is 8.01. The molecule has 2 fully saturated rings. The van der Waals surface area contributed by atoms with Crippen LogP contribution in [0.5, 0.6) is 0 Å². The van der Waals surface area contributed by atoms with Gasteiger partial charge in [-0.25, -0.2) is 0 Å². The number of hydrogen-bond donors (Lipinski definition) is 2. The summed E-state index contributed by atoms with van der Waals surface area (Å²) in [5, 5.41) is 12.1. The molecule has 0 aliphatic carbocycles. The third-order valence-electron chi connectivity index (χ3n) is 6.03. The standard InChI is InChI=1S/C21H21N3O4/c1-11(2)10-15-17-16(12-6-3-4-7-13(12)22-17)18(25)21(28)20(27)23-9-5-8-14(23)19(26)24(15)21/h3-4,6-7,10,14-15,22,28H,5,8-9H2,1-2H3/t14-,15-,21+/m0/s1. The number of carbonyl (C=O) groups excluding carboxylic acids is 3. The van der Waals surface area contributed by atoms with Crippen molar-refractivity contribution in [2.75, 3.05) is 6.54 Å². The third-order valence-corrected chi connectivity index (χ3v) is 6.03. The average Bonchev–Trinajstić information content (AvgIpc) is 3.29. The maximum atomic E-state index is 13.5. The van der Waals surface area contributed by atoms with Gasteiger partial charge in [0.2, 0.25) is 11.7 Å². The van der Waals surface area contributed by atoms with Crippen LogP contribution in [0.25, 0.3) is 10.9 Å². The van der Waals surface area contributed by atoms with Gasteiger partial charge >= 0.3 is 0 Å². The first-order valence-electron chi connectivity index (χ1n) is 9.52. The Balaban J connectivity index is 1.83. The predicted octanol–water partition coefficient (Wildman–Crippen LogP) is 1.89. The zero-order valence-electron chi connectivity index (χ0n) is 15.7. The number of nitrogens with zero attached hydrogens (tertiary/aromatic N) is 2. The highest BCUT2D eigenvalue weighted by atomic mass is 16.3. The van der Waals surface area contributed by atoms with Crippen molar-refractivity contribution in [2.45, 2.75) is 44.5 Å². The van der Waals surface area contributed by atoms with Crippen LogP contribution >= 0.6 is 0 Å². The van der Waals surface area contributed by atoms with E-state index in [9.17, 15) is 19.5 Å². The normalized spacial score (nSPS) is 29.0. The van der Waals surface area contributed by atoms with E-state index in [1.807, 2.05) is 32.1 Å². The minimum Gasteiger partial charge on any atom is -0.357 e. The fourth-order valence-electron chi connectivity index (χ4n) is 4.84. The van der Waals surface area contributed by atoms with Gasteiger partial charge in [0.05, 0.1) is 17.3 Å². The highest BCUT2D eigenvalue weighted by Gasteiger charge is 2.65. The maximum Gasteiger partial charge on any atom is 0.287 e. The van der Waals surface area contributed by atoms with Gasteiger partial charge in [-0.15, -0.1) is 0 Å². The smallest absolute Gasteiger partial charge is 0.287 e. The van der Waals surface area contributed by atoms with E-state index in [0.717, 1.165) is 16.0 Å². The number of amides is 2. The lowest BCUT2D eigenvalue weighted by atomic mass is 9.83. The molecule has 3 atom stereocenters. The van der Waals surface area contributed by atoms with Gasteiger partial charge in [0, 0.05) is 17.4 Å². The van der Waals surface area contributed by atoms with Crippen molar-refractivity contribution in [2.24, 2.45) is 0 Å². The number of Topliss-reactive ketones (excluding diaryl/α,β-unsaturated/α-hetero) is 1. The lowest BCUT2D eigenvalue weighted by molar-refractivity contribution is -0.192. The van der Waals surface area contributed by atoms with E-state index in [0.29, 0.717) is 30.5 Å². The lowest BCUT2D eigenvalue weighted by Gasteiger charge is -2.51. The largest absolute Gasteiger partial charge is 0.357 e. The molecule has 0 saturated carbocycles. The molecule has 2 amide bonds. The molecule has 5 rings (SSSR count). The zero-order valence-corrected chi connectivity index (χ0v) is 15.7. The van der Waals surface area contributed by atoms with Crippen molar-refractivity contribution in [3.8, 4) is 0 Å². The molecular formula is C21H21N3O4. The van der Waals surface area contributed by atoms with Crippen LogP contribution in [0.2, 0.25) is 0 Å². The summed E-state index contributed by atoms with van der Waals surface area (Å²) in [5.74, 6) is -1.80. The van der Waals surface area contributed by atoms with E-state index in [4.69, 9.17) is 0 Å². The van der Waals surface area contributed by atoms with Crippen molar-refractivity contribution in [1.82, 2.24) is 14.8 Å². The molecule has 0 radical (unpaired) electrons. The second-order valence-corrected chi connectivity index (χ2v) is 8.01. The first kappa shape index (κ1) is 17.2. The van der Waals surface area contributed by atoms with Crippen LogP contribution < -0.4 is 0 Å². The van der Waals surface area contributed by atoms with Crippen LogP contribution in [0.3, 0.4) is 0 Å². The number of hydrogen-bond acceptors (Lipinski definition) is 4. The molecule has 2 aromatic rings. The van der Waals surface area contributed by atoms with Gasteiger partial charge in [-0.1, -0.05) is 29.8 Å². The summed E-state index contributed by atoms with van der Waals surface area (Å²) in [4.78, 5) is 45.8. The van der Waals surface area contributed by atoms with Crippen molar-refractivity contribution in [3.05, 3.63) is 47.2 Å². The lowest BCUT2D eigenvalue weighted by Crippen LogP contribution is -2.75. The van der Waals surface area contributed by atoms with Gasteiger partial charge in [-0.3, -0.25) is 19.3 Å². The summed E-state index contributed by atoms with van der Waals surface area (Å²) in [6.07, 6.45) is 3.05. The number of carbonyl (C=O) groups is 3. The van der Waals surface area contributed by atoms with Crippen molar-refractivity contribution in [1.29, 1.82) is 0 Å². The molecule has 4 heterocycles. The molecule has 2 saturated heterocycles. The third kappa shape index (κ3) is 1.94. The van der Waals surface area contributed by atoms with Crippen molar-refractivity contribution in [3.63, 3.8) is 0 Å². The molecule has 1 aromatic carbocycles. The Bertz CT molecular complexity index is 1080. The number of piperazine rings is 1. The van der Waals surface area contributed by atoms with Crippen molar-refractivity contribution >= 4 is 28.5 Å². The predicted molar refractivity (Wildman–Crippen MR) is 101 cm³/mol. The molecule has 7 heteroatoms. The zero-order chi connectivity index (χ0) is 19.8. The summed E-state index contributed by atoms with van der Waals surface area (Å²) >= 11 is 0. The summed E-state index contributed by atoms with van der Waals surface area (Å²) in [5.41, 5.74) is -0.0236. The van der Waals surface area contributed by atoms with Crippen LogP contribution in [0.1, 0.15) is 48.8 Å². The summed E-state index contributed by atoms with van der Waals surface area (Å²) in [6, 6.07) is 5.95. The number of aromatic nitrogens is 1. The number of aromatic amines is 1. The number of ketones is 1. The van der Waals surface area contributed by atoms with Gasteiger partial charge in [0.25, 0.3) is 11.6 Å². The first-order chi connectivity index (χ1) is 13.4. The fourth-order valence-corrected chi connectivity index (χ4v) is 4.84. The number of allylic oxidation sites excluding steroid dienone is 1. The summed E-state index contributed by atoms with van der Waals surface area (Å²) in [6.45, 7) is 4.15. The van der Waals surface area contributed by atoms with E-state index in [2.05, 4.69) is 4.98 Å². The molecule has 144 valence electrons. The number of para-hydroxylation sites is 1. The number of H-pyrrole nitrogens is 1. The van der Waals surface area contributed by atoms with Crippen LogP contribution in [-0.2, 0) is 9.59 Å². The van der Waals surface area contributed by atoms with Gasteiger partial charge in [0.1, 0.15) is 6.04 Å². The quantitative estimate of drug-likeness (QED) is 0.584. The van der Waals surface area contributed by atoms with Gasteiger partial charge in [0.15, 0.2) is 0 Å². The molecule has 28 heavy (non-hydrogen) atoms. The van der Waals surface area contributed by atoms with E-state index < -0.39 is 29.5 Å². The van der Waals surface area contributed by atoms with E-state index in [1.54, 1.807) is 12.1 Å². The van der Waals surface area contributed by atoms with Gasteiger partial charge in [-0.05, 0) is 32.8 Å². The Morgan fingerprint density at radius 3 is 2.75 bits per heavy atom. The van der Waals surface area contributed by atoms with Crippen LogP contribution in [0.4, 0.5) is 0 Å². The van der Waals surface area contributed by atoms with Crippen molar-refractivity contribution < 1.29 is 19.5 Å².